The van der Waals surface area contributed by atoms with E-state index in [-0.39, 0.29) is 33.7 Å². The maximum absolute atomic E-state index is 13.1. The Morgan fingerprint density at radius 1 is 1.16 bits per heavy atom. The number of nitrogens with zero attached hydrogens (tertiary/aromatic N) is 7. The summed E-state index contributed by atoms with van der Waals surface area (Å²) in [5.74, 6) is -0.0978. The van der Waals surface area contributed by atoms with Crippen molar-refractivity contribution in [2.45, 2.75) is 18.0 Å². The lowest BCUT2D eigenvalue weighted by atomic mass is 10.2. The summed E-state index contributed by atoms with van der Waals surface area (Å²) < 4.78 is 66.0. The number of rotatable bonds is 6. The summed E-state index contributed by atoms with van der Waals surface area (Å²) in [5.41, 5.74) is -0.615. The van der Waals surface area contributed by atoms with Crippen LogP contribution in [0.25, 0.3) is 23.0 Å². The first-order valence-corrected chi connectivity index (χ1v) is 11.0. The van der Waals surface area contributed by atoms with Crippen molar-refractivity contribution < 1.29 is 21.6 Å². The van der Waals surface area contributed by atoms with Crippen LogP contribution in [-0.2, 0) is 23.1 Å². The average molecular weight is 467 g/mol. The average Bonchev–Trinajstić information content (AvgIpc) is 3.12. The Bertz CT molecular complexity index is 1270. The Kier molecular flexibility index (Phi) is 6.30. The largest absolute Gasteiger partial charge is 0.416 e. The minimum atomic E-state index is -4.55. The van der Waals surface area contributed by atoms with E-state index >= 15 is 0 Å². The van der Waals surface area contributed by atoms with Crippen molar-refractivity contribution >= 4 is 21.9 Å². The summed E-state index contributed by atoms with van der Waals surface area (Å²) in [6, 6.07) is 3.07. The van der Waals surface area contributed by atoms with Crippen LogP contribution in [0.3, 0.4) is 0 Å². The molecular weight excluding hydrogens is 447 g/mol. The first kappa shape index (κ1) is 23.3. The van der Waals surface area contributed by atoms with Gasteiger partial charge in [-0.1, -0.05) is 6.92 Å². The van der Waals surface area contributed by atoms with E-state index < -0.39 is 21.6 Å². The molecule has 0 aliphatic carbocycles. The molecule has 0 saturated heterocycles. The number of pyridine rings is 2. The summed E-state index contributed by atoms with van der Waals surface area (Å²) in [6.45, 7) is 1.49. The zero-order valence-electron chi connectivity index (χ0n) is 17.7. The van der Waals surface area contributed by atoms with Crippen LogP contribution in [0.5, 0.6) is 0 Å². The maximum Gasteiger partial charge on any atom is 0.416 e. The molecule has 0 fully saturated rings. The van der Waals surface area contributed by atoms with Gasteiger partial charge in [0.2, 0.25) is 0 Å². The lowest BCUT2D eigenvalue weighted by Crippen LogP contribution is -2.10. The van der Waals surface area contributed by atoms with E-state index in [0.29, 0.717) is 5.69 Å². The number of aromatic nitrogens is 5. The van der Waals surface area contributed by atoms with E-state index in [9.17, 15) is 21.6 Å². The fourth-order valence-corrected chi connectivity index (χ4v) is 3.78. The van der Waals surface area contributed by atoms with Crippen LogP contribution in [-0.4, -0.2) is 64.2 Å². The highest BCUT2D eigenvalue weighted by Crippen LogP contribution is 2.33. The molecule has 170 valence electrons. The van der Waals surface area contributed by atoms with Gasteiger partial charge in [-0.2, -0.15) is 13.2 Å². The van der Waals surface area contributed by atoms with Crippen molar-refractivity contribution in [1.29, 1.82) is 0 Å². The van der Waals surface area contributed by atoms with Crippen molar-refractivity contribution in [1.82, 2.24) is 29.6 Å². The Balaban J connectivity index is 2.15. The number of aliphatic imine (C=N–C) groups is 1. The third kappa shape index (κ3) is 4.77. The van der Waals surface area contributed by atoms with E-state index in [1.165, 1.54) is 37.1 Å². The lowest BCUT2D eigenvalue weighted by Gasteiger charge is -2.10. The normalized spacial score (nSPS) is 12.5. The quantitative estimate of drug-likeness (QED) is 0.405. The highest BCUT2D eigenvalue weighted by Gasteiger charge is 2.31. The molecule has 9 nitrogen and oxygen atoms in total. The monoisotopic (exact) mass is 467 g/mol. The van der Waals surface area contributed by atoms with E-state index in [4.69, 9.17) is 0 Å². The topological polar surface area (TPSA) is 106 Å². The van der Waals surface area contributed by atoms with E-state index in [1.54, 1.807) is 19.0 Å². The Hall–Kier alpha value is -3.35. The molecule has 0 atom stereocenters. The van der Waals surface area contributed by atoms with Crippen molar-refractivity contribution in [3.63, 3.8) is 0 Å². The van der Waals surface area contributed by atoms with Gasteiger partial charge in [0.15, 0.2) is 21.5 Å². The molecule has 3 heterocycles. The molecule has 0 unspecified atom stereocenters. The van der Waals surface area contributed by atoms with Crippen molar-refractivity contribution in [3.05, 3.63) is 36.2 Å². The van der Waals surface area contributed by atoms with Gasteiger partial charge in [-0.3, -0.25) is 4.98 Å². The number of hydrogen-bond donors (Lipinski definition) is 0. The molecule has 0 aromatic carbocycles. The van der Waals surface area contributed by atoms with Crippen molar-refractivity contribution in [3.8, 4) is 23.0 Å². The predicted molar refractivity (Wildman–Crippen MR) is 112 cm³/mol. The third-order valence-corrected chi connectivity index (χ3v) is 6.14. The molecule has 32 heavy (non-hydrogen) atoms. The van der Waals surface area contributed by atoms with Crippen LogP contribution in [0, 0.1) is 0 Å². The van der Waals surface area contributed by atoms with Gasteiger partial charge in [0.05, 0.1) is 34.4 Å². The molecule has 0 bridgehead atoms. The Morgan fingerprint density at radius 3 is 2.47 bits per heavy atom. The second-order valence-corrected chi connectivity index (χ2v) is 9.23. The summed E-state index contributed by atoms with van der Waals surface area (Å²) in [7, 11) is 1.29. The van der Waals surface area contributed by atoms with Gasteiger partial charge < -0.3 is 9.47 Å². The van der Waals surface area contributed by atoms with E-state index in [1.807, 2.05) is 0 Å². The molecule has 0 aliphatic rings. The number of alkyl halides is 3. The first-order valence-electron chi connectivity index (χ1n) is 9.31. The molecule has 3 aromatic rings. The standard InChI is InChI=1S/C19H20F3N7O2S/c1-5-32(30,31)15-9-13(25-11-28(2)3)10-24-16(15)18-27-26-17(29(18)4)14-8-12(6-7-23-14)19(20,21)22/h6-11H,5H2,1-4H3/b25-11-. The molecule has 0 saturated carbocycles. The number of halogens is 3. The van der Waals surface area contributed by atoms with Gasteiger partial charge >= 0.3 is 6.18 Å². The van der Waals surface area contributed by atoms with Crippen LogP contribution >= 0.6 is 0 Å². The molecule has 13 heteroatoms. The molecule has 0 amide bonds. The van der Waals surface area contributed by atoms with Crippen molar-refractivity contribution in [2.24, 2.45) is 12.0 Å². The summed E-state index contributed by atoms with van der Waals surface area (Å²) in [4.78, 5) is 13.9. The molecule has 0 radical (unpaired) electrons. The Morgan fingerprint density at radius 2 is 1.84 bits per heavy atom. The molecule has 3 rings (SSSR count). The van der Waals surface area contributed by atoms with Gasteiger partial charge in [0, 0.05) is 27.3 Å². The SMILES string of the molecule is CCS(=O)(=O)c1cc(/N=C\N(C)C)cnc1-c1nnc(-c2cc(C(F)(F)F)ccn2)n1C. The van der Waals surface area contributed by atoms with Crippen LogP contribution in [0.2, 0.25) is 0 Å². The molecule has 3 aromatic heterocycles. The second kappa shape index (κ2) is 8.65. The lowest BCUT2D eigenvalue weighted by molar-refractivity contribution is -0.137. The van der Waals surface area contributed by atoms with E-state index in [2.05, 4.69) is 25.2 Å². The smallest absolute Gasteiger partial charge is 0.369 e. The zero-order valence-corrected chi connectivity index (χ0v) is 18.5. The van der Waals surface area contributed by atoms with Gasteiger partial charge in [-0.25, -0.2) is 18.4 Å². The van der Waals surface area contributed by atoms with Crippen LogP contribution in [0.15, 0.2) is 40.5 Å². The Labute approximate surface area is 182 Å². The van der Waals surface area contributed by atoms with Crippen LogP contribution in [0.4, 0.5) is 18.9 Å². The molecule has 0 N–H and O–H groups in total. The number of hydrogen-bond acceptors (Lipinski definition) is 7. The summed E-state index contributed by atoms with van der Waals surface area (Å²) in [6.07, 6.45) is -0.652. The van der Waals surface area contributed by atoms with Gasteiger partial charge in [0.25, 0.3) is 0 Å². The summed E-state index contributed by atoms with van der Waals surface area (Å²) in [5, 5.41) is 7.91. The van der Waals surface area contributed by atoms with Crippen LogP contribution < -0.4 is 0 Å². The summed E-state index contributed by atoms with van der Waals surface area (Å²) >= 11 is 0. The first-order chi connectivity index (χ1) is 14.9. The second-order valence-electron chi connectivity index (χ2n) is 6.99. The van der Waals surface area contributed by atoms with E-state index in [0.717, 1.165) is 18.3 Å². The van der Waals surface area contributed by atoms with Crippen molar-refractivity contribution in [2.75, 3.05) is 19.8 Å². The molecular formula is C19H20F3N7O2S. The zero-order chi connectivity index (χ0) is 23.7. The van der Waals surface area contributed by atoms with Gasteiger partial charge in [-0.05, 0) is 18.2 Å². The molecule has 0 spiro atoms. The van der Waals surface area contributed by atoms with Gasteiger partial charge in [0.1, 0.15) is 11.4 Å². The highest BCUT2D eigenvalue weighted by molar-refractivity contribution is 7.91. The predicted octanol–water partition coefficient (Wildman–Crippen LogP) is 2.97. The van der Waals surface area contributed by atoms with Crippen LogP contribution in [0.1, 0.15) is 12.5 Å². The maximum atomic E-state index is 13.1. The third-order valence-electron chi connectivity index (χ3n) is 4.39. The minimum absolute atomic E-state index is 0.0175. The highest BCUT2D eigenvalue weighted by atomic mass is 32.2. The fraction of sp³-hybridized carbons (Fsp3) is 0.316. The number of sulfone groups is 1. The van der Waals surface area contributed by atoms with Gasteiger partial charge in [-0.15, -0.1) is 10.2 Å². The molecule has 0 aliphatic heterocycles. The fourth-order valence-electron chi connectivity index (χ4n) is 2.74. The minimum Gasteiger partial charge on any atom is -0.369 e.